The molecule has 0 aromatic rings. The zero-order valence-corrected chi connectivity index (χ0v) is 69.1. The Labute approximate surface area is 588 Å². The summed E-state index contributed by atoms with van der Waals surface area (Å²) in [4.78, 5) is 0. The molecule has 91 heavy (non-hydrogen) atoms. The minimum atomic E-state index is 0.370. The molecule has 0 unspecified atom stereocenters. The van der Waals surface area contributed by atoms with Gasteiger partial charge in [-0.15, -0.1) is 0 Å². The smallest absolute Gasteiger partial charge is 0.0431 e. The van der Waals surface area contributed by atoms with Gasteiger partial charge in [0.1, 0.15) is 0 Å². The Balaban J connectivity index is -0.000000119. The summed E-state index contributed by atoms with van der Waals surface area (Å²) in [5.74, 6) is 0. The van der Waals surface area contributed by atoms with E-state index < -0.39 is 0 Å². The van der Waals surface area contributed by atoms with E-state index >= 15 is 0 Å². The first kappa shape index (κ1) is 110. The summed E-state index contributed by atoms with van der Waals surface area (Å²) in [5.41, 5.74) is 0. The van der Waals surface area contributed by atoms with Crippen molar-refractivity contribution in [2.75, 3.05) is 6.61 Å². The molecule has 1 heteroatoms. The van der Waals surface area contributed by atoms with Gasteiger partial charge in [0.05, 0.1) is 0 Å². The second kappa shape index (κ2) is 134. The standard InChI is InChI=1S/C10H22O.8C10H22/c1-2-3-4-5-6-7-8-9-10-11;8*1-3-5-7-9-10-8-6-4-2/h11H,2-10H2,1H3;8*3-10H2,1-2H3. The Hall–Kier alpha value is -0.0400. The van der Waals surface area contributed by atoms with Crippen molar-refractivity contribution in [2.24, 2.45) is 0 Å². The maximum Gasteiger partial charge on any atom is 0.0431 e. The van der Waals surface area contributed by atoms with E-state index in [0.29, 0.717) is 6.61 Å². The molecule has 0 saturated heterocycles. The van der Waals surface area contributed by atoms with E-state index in [1.165, 1.54) is 456 Å². The van der Waals surface area contributed by atoms with Crippen LogP contribution in [0.2, 0.25) is 0 Å². The molecule has 0 spiro atoms. The van der Waals surface area contributed by atoms with Gasteiger partial charge in [0, 0.05) is 6.61 Å². The van der Waals surface area contributed by atoms with E-state index in [1.807, 2.05) is 0 Å². The first-order chi connectivity index (χ1) is 44.7. The van der Waals surface area contributed by atoms with E-state index in [2.05, 4.69) is 118 Å². The lowest BCUT2D eigenvalue weighted by atomic mass is 10.1. The fourth-order valence-corrected chi connectivity index (χ4v) is 10.9. The van der Waals surface area contributed by atoms with Gasteiger partial charge in [-0.25, -0.2) is 0 Å². The summed E-state index contributed by atoms with van der Waals surface area (Å²) in [6.07, 6.45) is 102. The molecule has 0 rings (SSSR count). The molecule has 0 aliphatic heterocycles. The summed E-state index contributed by atoms with van der Waals surface area (Å²) >= 11 is 0. The first-order valence-electron chi connectivity index (χ1n) is 44.3. The third-order valence-electron chi connectivity index (χ3n) is 17.7. The highest BCUT2D eigenvalue weighted by Gasteiger charge is 1.95. The van der Waals surface area contributed by atoms with Gasteiger partial charge >= 0.3 is 0 Å². The summed E-state index contributed by atoms with van der Waals surface area (Å²) in [6.45, 7) is 38.9. The SMILES string of the molecule is CCCCCCCCCC.CCCCCCCCCC.CCCCCCCCCC.CCCCCCCCCC.CCCCCCCCCC.CCCCCCCCCC.CCCCCCCCCC.CCCCCCCCCC.CCCCCCCCCCO. The van der Waals surface area contributed by atoms with Gasteiger partial charge in [0.2, 0.25) is 0 Å². The third kappa shape index (κ3) is 170. The number of unbranched alkanes of at least 4 members (excludes halogenated alkanes) is 63. The summed E-state index contributed by atoms with van der Waals surface area (Å²) in [6, 6.07) is 0. The number of aliphatic hydroxyl groups is 1. The fourth-order valence-electron chi connectivity index (χ4n) is 10.9. The second-order valence-electron chi connectivity index (χ2n) is 28.2. The molecular formula is C90H198O. The maximum absolute atomic E-state index is 8.51. The van der Waals surface area contributed by atoms with Crippen LogP contribution in [0.25, 0.3) is 0 Å². The molecule has 0 atom stereocenters. The quantitative estimate of drug-likeness (QED) is 0.0602. The average molecular weight is 1300 g/mol. The largest absolute Gasteiger partial charge is 0.396 e. The van der Waals surface area contributed by atoms with E-state index in [-0.39, 0.29) is 0 Å². The highest BCUT2D eigenvalue weighted by Crippen LogP contribution is 2.14. The highest BCUT2D eigenvalue weighted by atomic mass is 16.2. The Kier molecular flexibility index (Phi) is 161. The molecule has 564 valence electrons. The number of hydrogen-bond acceptors (Lipinski definition) is 1. The molecule has 0 aliphatic rings. The second-order valence-corrected chi connectivity index (χ2v) is 28.2. The summed E-state index contributed by atoms with van der Waals surface area (Å²) < 4.78 is 0. The monoisotopic (exact) mass is 1300 g/mol. The van der Waals surface area contributed by atoms with Crippen molar-refractivity contribution >= 4 is 0 Å². The van der Waals surface area contributed by atoms with Gasteiger partial charge in [-0.3, -0.25) is 0 Å². The third-order valence-corrected chi connectivity index (χ3v) is 17.7. The predicted octanol–water partition coefficient (Wildman–Crippen LogP) is 36.3. The Bertz CT molecular complexity index is 648. The minimum absolute atomic E-state index is 0.370. The van der Waals surface area contributed by atoms with Crippen molar-refractivity contribution in [3.8, 4) is 0 Å². The lowest BCUT2D eigenvalue weighted by molar-refractivity contribution is 0.282. The average Bonchev–Trinajstić information content (AvgIpc) is 3.57. The summed E-state index contributed by atoms with van der Waals surface area (Å²) in [5, 5.41) is 8.51. The minimum Gasteiger partial charge on any atom is -0.396 e. The van der Waals surface area contributed by atoms with Crippen molar-refractivity contribution in [2.45, 2.75) is 580 Å². The number of hydrogen-bond donors (Lipinski definition) is 1. The zero-order valence-electron chi connectivity index (χ0n) is 69.1. The van der Waals surface area contributed by atoms with E-state index in [4.69, 9.17) is 5.11 Å². The lowest BCUT2D eigenvalue weighted by Crippen LogP contribution is -1.83. The van der Waals surface area contributed by atoms with Crippen LogP contribution >= 0.6 is 0 Å². The van der Waals surface area contributed by atoms with E-state index in [0.717, 1.165) is 6.42 Å². The molecule has 0 radical (unpaired) electrons. The molecule has 1 N–H and O–H groups in total. The molecule has 0 heterocycles. The number of aliphatic hydroxyl groups excluding tert-OH is 1. The topological polar surface area (TPSA) is 20.2 Å². The van der Waals surface area contributed by atoms with Gasteiger partial charge in [0.25, 0.3) is 0 Å². The van der Waals surface area contributed by atoms with Crippen LogP contribution in [0.1, 0.15) is 580 Å². The van der Waals surface area contributed by atoms with Crippen LogP contribution in [-0.4, -0.2) is 11.7 Å². The van der Waals surface area contributed by atoms with Crippen LogP contribution in [0.15, 0.2) is 0 Å². The van der Waals surface area contributed by atoms with Gasteiger partial charge < -0.3 is 5.11 Å². The van der Waals surface area contributed by atoms with Crippen molar-refractivity contribution < 1.29 is 5.11 Å². The van der Waals surface area contributed by atoms with Gasteiger partial charge in [0.15, 0.2) is 0 Å². The first-order valence-corrected chi connectivity index (χ1v) is 44.3. The zero-order chi connectivity index (χ0) is 69.6. The van der Waals surface area contributed by atoms with Crippen molar-refractivity contribution in [3.05, 3.63) is 0 Å². The highest BCUT2D eigenvalue weighted by molar-refractivity contribution is 4.50. The number of rotatable bonds is 64. The maximum atomic E-state index is 8.51. The van der Waals surface area contributed by atoms with Gasteiger partial charge in [-0.2, -0.15) is 0 Å². The van der Waals surface area contributed by atoms with Crippen molar-refractivity contribution in [1.82, 2.24) is 0 Å². The normalized spacial score (nSPS) is 10.2. The van der Waals surface area contributed by atoms with Crippen LogP contribution in [0.5, 0.6) is 0 Å². The Morgan fingerprint density at radius 3 is 0.198 bits per heavy atom. The van der Waals surface area contributed by atoms with Crippen LogP contribution < -0.4 is 0 Å². The molecule has 0 saturated carbocycles. The van der Waals surface area contributed by atoms with Crippen LogP contribution in [0.3, 0.4) is 0 Å². The Morgan fingerprint density at radius 1 is 0.0879 bits per heavy atom. The summed E-state index contributed by atoms with van der Waals surface area (Å²) in [7, 11) is 0. The predicted molar refractivity (Wildman–Crippen MR) is 436 cm³/mol. The molecule has 0 aliphatic carbocycles. The molecule has 0 fully saturated rings. The molecule has 0 amide bonds. The van der Waals surface area contributed by atoms with Crippen LogP contribution in [0, 0.1) is 0 Å². The molecule has 1 nitrogen and oxygen atoms in total. The van der Waals surface area contributed by atoms with E-state index in [9.17, 15) is 0 Å². The van der Waals surface area contributed by atoms with Crippen molar-refractivity contribution in [3.63, 3.8) is 0 Å². The van der Waals surface area contributed by atoms with Crippen molar-refractivity contribution in [1.29, 1.82) is 0 Å². The molecule has 0 bridgehead atoms. The van der Waals surface area contributed by atoms with E-state index in [1.54, 1.807) is 0 Å². The van der Waals surface area contributed by atoms with Gasteiger partial charge in [-0.05, 0) is 6.42 Å². The molecule has 0 aromatic carbocycles. The van der Waals surface area contributed by atoms with Gasteiger partial charge in [-0.1, -0.05) is 574 Å². The lowest BCUT2D eigenvalue weighted by Gasteiger charge is -1.98. The van der Waals surface area contributed by atoms with Crippen LogP contribution in [-0.2, 0) is 0 Å². The molecule has 0 aromatic heterocycles. The van der Waals surface area contributed by atoms with Crippen LogP contribution in [0.4, 0.5) is 0 Å². The fraction of sp³-hybridized carbons (Fsp3) is 1.00. The Morgan fingerprint density at radius 2 is 0.143 bits per heavy atom. The molecular weight excluding hydrogens is 1100 g/mol.